The van der Waals surface area contributed by atoms with Crippen molar-refractivity contribution in [2.24, 2.45) is 0 Å². The zero-order valence-corrected chi connectivity index (χ0v) is 9.88. The first-order chi connectivity index (χ1) is 8.43. The van der Waals surface area contributed by atoms with Crippen molar-refractivity contribution < 1.29 is 35.6 Å². The van der Waals surface area contributed by atoms with E-state index in [1.807, 2.05) is 0 Å². The molecule has 0 spiro atoms. The summed E-state index contributed by atoms with van der Waals surface area (Å²) in [6, 6.07) is 0. The fourth-order valence-electron chi connectivity index (χ4n) is 0.996. The molecule has 1 heterocycles. The molecular weight excluding hydrogens is 324 g/mol. The SMILES string of the molecule is O=[N+]([O-])c1c(F)cnc(S(=O)(=O)Cl)c1OC(F)(F)F. The molecule has 1 aromatic rings. The minimum absolute atomic E-state index is 0.0383. The molecule has 0 aliphatic heterocycles. The molecule has 0 unspecified atom stereocenters. The highest BCUT2D eigenvalue weighted by Crippen LogP contribution is 2.39. The zero-order chi connectivity index (χ0) is 15.0. The highest BCUT2D eigenvalue weighted by Gasteiger charge is 2.40. The molecule has 0 atom stereocenters. The number of nitrogens with zero attached hydrogens (tertiary/aromatic N) is 2. The number of rotatable bonds is 3. The lowest BCUT2D eigenvalue weighted by Crippen LogP contribution is -2.20. The van der Waals surface area contributed by atoms with E-state index < -0.39 is 42.6 Å². The molecule has 0 saturated carbocycles. The third-order valence-electron chi connectivity index (χ3n) is 1.56. The first-order valence-corrected chi connectivity index (χ1v) is 6.27. The van der Waals surface area contributed by atoms with Crippen molar-refractivity contribution in [1.82, 2.24) is 4.98 Å². The lowest BCUT2D eigenvalue weighted by Gasteiger charge is -2.11. The Hall–Kier alpha value is -1.69. The Balaban J connectivity index is 3.69. The Labute approximate surface area is 106 Å². The quantitative estimate of drug-likeness (QED) is 0.365. The van der Waals surface area contributed by atoms with Crippen LogP contribution < -0.4 is 4.74 Å². The molecule has 0 aliphatic rings. The number of halogens is 5. The van der Waals surface area contributed by atoms with Gasteiger partial charge in [0.05, 0.1) is 11.1 Å². The smallest absolute Gasteiger partial charge is 0.395 e. The molecule has 0 fully saturated rings. The summed E-state index contributed by atoms with van der Waals surface area (Å²) in [5.74, 6) is -3.75. The molecule has 1 aromatic heterocycles. The molecule has 0 aliphatic carbocycles. The van der Waals surface area contributed by atoms with Crippen LogP contribution in [0.5, 0.6) is 5.75 Å². The minimum atomic E-state index is -5.50. The van der Waals surface area contributed by atoms with E-state index in [0.29, 0.717) is 0 Å². The van der Waals surface area contributed by atoms with Crippen LogP contribution in [0.15, 0.2) is 11.2 Å². The second kappa shape index (κ2) is 4.77. The summed E-state index contributed by atoms with van der Waals surface area (Å²) in [6.45, 7) is 0. The topological polar surface area (TPSA) is 99.4 Å². The number of aromatic nitrogens is 1. The Morgan fingerprint density at radius 3 is 2.32 bits per heavy atom. The van der Waals surface area contributed by atoms with Crippen LogP contribution in [0.3, 0.4) is 0 Å². The second-order valence-corrected chi connectivity index (χ2v) is 5.31. The van der Waals surface area contributed by atoms with Gasteiger partial charge in [0.25, 0.3) is 9.05 Å². The molecule has 106 valence electrons. The first-order valence-electron chi connectivity index (χ1n) is 3.97. The van der Waals surface area contributed by atoms with E-state index in [-0.39, 0.29) is 6.20 Å². The lowest BCUT2D eigenvalue weighted by molar-refractivity contribution is -0.391. The summed E-state index contributed by atoms with van der Waals surface area (Å²) in [6.07, 6.45) is -5.47. The number of hydrogen-bond acceptors (Lipinski definition) is 6. The van der Waals surface area contributed by atoms with Gasteiger partial charge in [-0.3, -0.25) is 10.1 Å². The summed E-state index contributed by atoms with van der Waals surface area (Å²) >= 11 is 0. The number of alkyl halides is 3. The highest BCUT2D eigenvalue weighted by molar-refractivity contribution is 8.13. The van der Waals surface area contributed by atoms with Gasteiger partial charge >= 0.3 is 12.0 Å². The Kier molecular flexibility index (Phi) is 3.86. The van der Waals surface area contributed by atoms with E-state index in [4.69, 9.17) is 10.7 Å². The summed E-state index contributed by atoms with van der Waals surface area (Å²) in [5.41, 5.74) is -1.84. The van der Waals surface area contributed by atoms with Crippen LogP contribution in [0, 0.1) is 15.9 Å². The Morgan fingerprint density at radius 1 is 1.42 bits per heavy atom. The molecule has 0 aromatic carbocycles. The van der Waals surface area contributed by atoms with E-state index in [2.05, 4.69) is 9.72 Å². The predicted octanol–water partition coefficient (Wildman–Crippen LogP) is 1.95. The van der Waals surface area contributed by atoms with E-state index in [1.165, 1.54) is 0 Å². The fraction of sp³-hybridized carbons (Fsp3) is 0.167. The molecule has 19 heavy (non-hydrogen) atoms. The van der Waals surface area contributed by atoms with E-state index in [1.54, 1.807) is 0 Å². The van der Waals surface area contributed by atoms with Crippen LogP contribution in [0.4, 0.5) is 23.2 Å². The van der Waals surface area contributed by atoms with E-state index >= 15 is 0 Å². The number of ether oxygens (including phenoxy) is 1. The number of hydrogen-bond donors (Lipinski definition) is 0. The highest BCUT2D eigenvalue weighted by atomic mass is 35.7. The van der Waals surface area contributed by atoms with E-state index in [0.717, 1.165) is 0 Å². The number of pyridine rings is 1. The van der Waals surface area contributed by atoms with Gasteiger partial charge in [0, 0.05) is 10.7 Å². The van der Waals surface area contributed by atoms with Crippen LogP contribution in [-0.4, -0.2) is 24.7 Å². The van der Waals surface area contributed by atoms with Gasteiger partial charge in [-0.15, -0.1) is 13.2 Å². The van der Waals surface area contributed by atoms with Crippen molar-refractivity contribution >= 4 is 25.4 Å². The van der Waals surface area contributed by atoms with Crippen LogP contribution in [0.25, 0.3) is 0 Å². The largest absolute Gasteiger partial charge is 0.573 e. The molecular formula is C6HClF4N2O5S. The third kappa shape index (κ3) is 3.64. The fourth-order valence-corrected chi connectivity index (χ4v) is 1.86. The molecule has 0 amide bonds. The normalized spacial score (nSPS) is 12.3. The van der Waals surface area contributed by atoms with Crippen molar-refractivity contribution in [1.29, 1.82) is 0 Å². The van der Waals surface area contributed by atoms with Crippen molar-refractivity contribution in [3.63, 3.8) is 0 Å². The van der Waals surface area contributed by atoms with Gasteiger partial charge in [0.2, 0.25) is 16.6 Å². The van der Waals surface area contributed by atoms with Crippen molar-refractivity contribution in [3.8, 4) is 5.75 Å². The summed E-state index contributed by atoms with van der Waals surface area (Å²) in [4.78, 5) is 11.6. The average molecular weight is 325 g/mol. The van der Waals surface area contributed by atoms with Crippen LogP contribution in [-0.2, 0) is 9.05 Å². The maximum Gasteiger partial charge on any atom is 0.573 e. The van der Waals surface area contributed by atoms with Crippen LogP contribution in [0.2, 0.25) is 0 Å². The molecule has 0 radical (unpaired) electrons. The number of nitro groups is 1. The molecule has 1 rings (SSSR count). The first kappa shape index (κ1) is 15.4. The summed E-state index contributed by atoms with van der Waals surface area (Å²) < 4.78 is 74.2. The summed E-state index contributed by atoms with van der Waals surface area (Å²) in [5, 5.41) is 8.85. The van der Waals surface area contributed by atoms with Gasteiger partial charge in [-0.05, 0) is 0 Å². The van der Waals surface area contributed by atoms with Gasteiger partial charge in [-0.2, -0.15) is 4.39 Å². The van der Waals surface area contributed by atoms with Crippen LogP contribution >= 0.6 is 10.7 Å². The van der Waals surface area contributed by atoms with Crippen molar-refractivity contribution in [2.75, 3.05) is 0 Å². The molecule has 7 nitrogen and oxygen atoms in total. The molecule has 13 heteroatoms. The Morgan fingerprint density at radius 2 is 1.95 bits per heavy atom. The van der Waals surface area contributed by atoms with Gasteiger partial charge in [-0.25, -0.2) is 13.4 Å². The van der Waals surface area contributed by atoms with Crippen LogP contribution in [0.1, 0.15) is 0 Å². The third-order valence-corrected chi connectivity index (χ3v) is 2.75. The molecule has 0 N–H and O–H groups in total. The maximum atomic E-state index is 13.1. The van der Waals surface area contributed by atoms with Gasteiger partial charge in [-0.1, -0.05) is 0 Å². The van der Waals surface area contributed by atoms with Crippen molar-refractivity contribution in [2.45, 2.75) is 11.4 Å². The second-order valence-electron chi connectivity index (χ2n) is 2.83. The van der Waals surface area contributed by atoms with Gasteiger partial charge in [0.1, 0.15) is 0 Å². The van der Waals surface area contributed by atoms with Gasteiger partial charge < -0.3 is 4.74 Å². The average Bonchev–Trinajstić information content (AvgIpc) is 2.11. The Bertz CT molecular complexity index is 631. The predicted molar refractivity (Wildman–Crippen MR) is 50.6 cm³/mol. The minimum Gasteiger partial charge on any atom is -0.395 e. The maximum absolute atomic E-state index is 13.1. The molecule has 0 saturated heterocycles. The van der Waals surface area contributed by atoms with Gasteiger partial charge in [0.15, 0.2) is 0 Å². The van der Waals surface area contributed by atoms with E-state index in [9.17, 15) is 36.1 Å². The standard InChI is InChI=1S/C6HClF4N2O5S/c7-19(16,17)5-4(18-6(9,10)11)3(13(14)15)2(8)1-12-5/h1H. The monoisotopic (exact) mass is 324 g/mol. The molecule has 0 bridgehead atoms. The van der Waals surface area contributed by atoms with Crippen molar-refractivity contribution in [3.05, 3.63) is 22.1 Å². The zero-order valence-electron chi connectivity index (χ0n) is 8.31. The lowest BCUT2D eigenvalue weighted by atomic mass is 10.4. The summed E-state index contributed by atoms with van der Waals surface area (Å²) in [7, 11) is -0.175.